The monoisotopic (exact) mass is 308 g/mol. The van der Waals surface area contributed by atoms with E-state index in [2.05, 4.69) is 5.10 Å². The average Bonchev–Trinajstić information content (AvgIpc) is 3.18. The lowest BCUT2D eigenvalue weighted by atomic mass is 10.3. The number of carbonyl (C=O) groups is 1. The van der Waals surface area contributed by atoms with Gasteiger partial charge in [0, 0.05) is 5.92 Å². The largest absolute Gasteiger partial charge is 0.481 e. The number of thioether (sulfide) groups is 1. The van der Waals surface area contributed by atoms with Crippen molar-refractivity contribution in [3.05, 3.63) is 41.0 Å². The zero-order valence-electron chi connectivity index (χ0n) is 10.6. The number of para-hydroxylation sites is 1. The first-order valence-corrected chi connectivity index (χ1v) is 7.71. The van der Waals surface area contributed by atoms with Crippen molar-refractivity contribution >= 4 is 29.3 Å². The molecule has 3 rings (SSSR count). The molecule has 0 bridgehead atoms. The zero-order chi connectivity index (χ0) is 14.1. The van der Waals surface area contributed by atoms with Gasteiger partial charge in [0.05, 0.1) is 22.2 Å². The van der Waals surface area contributed by atoms with E-state index in [9.17, 15) is 4.79 Å². The van der Waals surface area contributed by atoms with Crippen LogP contribution in [0, 0.1) is 0 Å². The molecule has 1 aromatic carbocycles. The number of carboxylic acids is 1. The summed E-state index contributed by atoms with van der Waals surface area (Å²) in [7, 11) is 0. The second-order valence-electron chi connectivity index (χ2n) is 4.73. The van der Waals surface area contributed by atoms with Crippen LogP contribution in [0.25, 0.3) is 5.69 Å². The van der Waals surface area contributed by atoms with Gasteiger partial charge in [-0.2, -0.15) is 5.10 Å². The molecule has 1 fully saturated rings. The van der Waals surface area contributed by atoms with Crippen LogP contribution in [0.5, 0.6) is 0 Å². The molecule has 2 aromatic rings. The molecule has 0 aliphatic heterocycles. The van der Waals surface area contributed by atoms with Gasteiger partial charge in [0.1, 0.15) is 5.03 Å². The van der Waals surface area contributed by atoms with Crippen molar-refractivity contribution in [1.82, 2.24) is 9.78 Å². The molecule has 0 spiro atoms. The van der Waals surface area contributed by atoms with E-state index in [0.717, 1.165) is 29.2 Å². The Morgan fingerprint density at radius 3 is 2.85 bits per heavy atom. The van der Waals surface area contributed by atoms with Crippen LogP contribution >= 0.6 is 23.4 Å². The lowest BCUT2D eigenvalue weighted by Crippen LogP contribution is -2.03. The maximum atomic E-state index is 10.8. The van der Waals surface area contributed by atoms with E-state index in [1.54, 1.807) is 10.7 Å². The highest BCUT2D eigenvalue weighted by Crippen LogP contribution is 2.41. The molecule has 6 heteroatoms. The minimum Gasteiger partial charge on any atom is -0.481 e. The second kappa shape index (κ2) is 5.50. The fourth-order valence-electron chi connectivity index (χ4n) is 1.99. The average molecular weight is 309 g/mol. The number of hydrogen-bond donors (Lipinski definition) is 1. The van der Waals surface area contributed by atoms with E-state index < -0.39 is 5.97 Å². The second-order valence-corrected chi connectivity index (χ2v) is 6.13. The van der Waals surface area contributed by atoms with Crippen LogP contribution in [0.2, 0.25) is 5.02 Å². The maximum absolute atomic E-state index is 10.8. The van der Waals surface area contributed by atoms with E-state index >= 15 is 0 Å². The highest BCUT2D eigenvalue weighted by atomic mass is 35.5. The number of halogens is 1. The Labute approximate surface area is 125 Å². The number of nitrogens with zero attached hydrogens (tertiary/aromatic N) is 2. The Morgan fingerprint density at radius 2 is 2.20 bits per heavy atom. The Kier molecular flexibility index (Phi) is 3.72. The number of hydrogen-bond acceptors (Lipinski definition) is 3. The minimum absolute atomic E-state index is 0.0141. The molecule has 0 saturated heterocycles. The third kappa shape index (κ3) is 2.83. The van der Waals surface area contributed by atoms with Crippen molar-refractivity contribution in [2.45, 2.75) is 23.8 Å². The first-order chi connectivity index (χ1) is 9.65. The van der Waals surface area contributed by atoms with E-state index in [-0.39, 0.29) is 5.75 Å². The molecule has 20 heavy (non-hydrogen) atoms. The molecule has 0 radical (unpaired) electrons. The fraction of sp³-hybridized carbons (Fsp3) is 0.286. The standard InChI is InChI=1S/C14H13ClN2O2S/c15-10-3-1-2-4-12(10)17-13(20-8-14(18)19)7-11(16-17)9-5-6-9/h1-4,7,9H,5-6,8H2,(H,18,19). The summed E-state index contributed by atoms with van der Waals surface area (Å²) in [5, 5.41) is 14.9. The van der Waals surface area contributed by atoms with Crippen molar-refractivity contribution in [1.29, 1.82) is 0 Å². The minimum atomic E-state index is -0.838. The van der Waals surface area contributed by atoms with Gasteiger partial charge in [-0.3, -0.25) is 4.79 Å². The van der Waals surface area contributed by atoms with Crippen LogP contribution in [0.15, 0.2) is 35.4 Å². The van der Waals surface area contributed by atoms with Gasteiger partial charge in [0.25, 0.3) is 0 Å². The number of carboxylic acid groups (broad SMARTS) is 1. The van der Waals surface area contributed by atoms with Gasteiger partial charge in [-0.1, -0.05) is 35.5 Å². The smallest absolute Gasteiger partial charge is 0.313 e. The summed E-state index contributed by atoms with van der Waals surface area (Å²) in [6.07, 6.45) is 2.31. The Bertz CT molecular complexity index is 652. The predicted molar refractivity (Wildman–Crippen MR) is 78.9 cm³/mol. The zero-order valence-corrected chi connectivity index (χ0v) is 12.2. The topological polar surface area (TPSA) is 55.1 Å². The summed E-state index contributed by atoms with van der Waals surface area (Å²) < 4.78 is 1.75. The van der Waals surface area contributed by atoms with Crippen LogP contribution < -0.4 is 0 Å². The van der Waals surface area contributed by atoms with Gasteiger partial charge in [0.15, 0.2) is 0 Å². The summed E-state index contributed by atoms with van der Waals surface area (Å²) in [5.74, 6) is -0.307. The first-order valence-electron chi connectivity index (χ1n) is 6.34. The van der Waals surface area contributed by atoms with Crippen molar-refractivity contribution in [3.8, 4) is 5.69 Å². The molecule has 1 aromatic heterocycles. The molecule has 0 unspecified atom stereocenters. The summed E-state index contributed by atoms with van der Waals surface area (Å²) in [5.41, 5.74) is 1.81. The Hall–Kier alpha value is -1.46. The maximum Gasteiger partial charge on any atom is 0.313 e. The van der Waals surface area contributed by atoms with E-state index in [4.69, 9.17) is 16.7 Å². The highest BCUT2D eigenvalue weighted by Gasteiger charge is 2.28. The number of benzene rings is 1. The molecule has 1 heterocycles. The molecule has 1 saturated carbocycles. The van der Waals surface area contributed by atoms with Crippen LogP contribution in [-0.4, -0.2) is 26.6 Å². The summed E-state index contributed by atoms with van der Waals surface area (Å²) in [4.78, 5) is 10.8. The fourth-order valence-corrected chi connectivity index (χ4v) is 2.95. The van der Waals surface area contributed by atoms with Crippen molar-refractivity contribution < 1.29 is 9.90 Å². The molecule has 1 aliphatic rings. The Morgan fingerprint density at radius 1 is 1.45 bits per heavy atom. The lowest BCUT2D eigenvalue weighted by Gasteiger charge is -2.07. The predicted octanol–water partition coefficient (Wildman–Crippen LogP) is 3.58. The van der Waals surface area contributed by atoms with Crippen LogP contribution in [0.4, 0.5) is 0 Å². The van der Waals surface area contributed by atoms with Gasteiger partial charge >= 0.3 is 5.97 Å². The van der Waals surface area contributed by atoms with Crippen LogP contribution in [0.1, 0.15) is 24.5 Å². The molecule has 104 valence electrons. The summed E-state index contributed by atoms with van der Waals surface area (Å²) >= 11 is 7.48. The van der Waals surface area contributed by atoms with Crippen molar-refractivity contribution in [2.24, 2.45) is 0 Å². The molecule has 0 amide bonds. The van der Waals surface area contributed by atoms with Crippen molar-refractivity contribution in [2.75, 3.05) is 5.75 Å². The normalized spacial score (nSPS) is 14.4. The highest BCUT2D eigenvalue weighted by molar-refractivity contribution is 7.99. The molecule has 0 atom stereocenters. The van der Waals surface area contributed by atoms with Gasteiger partial charge in [-0.05, 0) is 31.0 Å². The molecule has 1 N–H and O–H groups in total. The Balaban J connectivity index is 1.99. The first kappa shape index (κ1) is 13.5. The van der Waals surface area contributed by atoms with E-state index in [0.29, 0.717) is 10.9 Å². The molecule has 4 nitrogen and oxygen atoms in total. The molecular weight excluding hydrogens is 296 g/mol. The lowest BCUT2D eigenvalue weighted by molar-refractivity contribution is -0.133. The summed E-state index contributed by atoms with van der Waals surface area (Å²) in [6, 6.07) is 9.43. The van der Waals surface area contributed by atoms with Gasteiger partial charge in [0.2, 0.25) is 0 Å². The van der Waals surface area contributed by atoms with Crippen LogP contribution in [0.3, 0.4) is 0 Å². The number of aliphatic carboxylic acids is 1. The van der Waals surface area contributed by atoms with Crippen molar-refractivity contribution in [3.63, 3.8) is 0 Å². The summed E-state index contributed by atoms with van der Waals surface area (Å²) in [6.45, 7) is 0. The van der Waals surface area contributed by atoms with Gasteiger partial charge in [-0.15, -0.1) is 0 Å². The SMILES string of the molecule is O=C(O)CSc1cc(C2CC2)nn1-c1ccccc1Cl. The number of aromatic nitrogens is 2. The van der Waals surface area contributed by atoms with E-state index in [1.165, 1.54) is 11.8 Å². The number of rotatable bonds is 5. The van der Waals surface area contributed by atoms with Gasteiger partial charge in [-0.25, -0.2) is 4.68 Å². The molecular formula is C14H13ClN2O2S. The van der Waals surface area contributed by atoms with Gasteiger partial charge < -0.3 is 5.11 Å². The van der Waals surface area contributed by atoms with Crippen LogP contribution in [-0.2, 0) is 4.79 Å². The quantitative estimate of drug-likeness (QED) is 0.858. The molecule has 1 aliphatic carbocycles. The third-order valence-corrected chi connectivity index (χ3v) is 4.41. The third-order valence-electron chi connectivity index (χ3n) is 3.12. The van der Waals surface area contributed by atoms with E-state index in [1.807, 2.05) is 24.3 Å².